The van der Waals surface area contributed by atoms with Crippen molar-refractivity contribution in [1.82, 2.24) is 4.98 Å². The van der Waals surface area contributed by atoms with Gasteiger partial charge in [-0.1, -0.05) is 0 Å². The van der Waals surface area contributed by atoms with Crippen molar-refractivity contribution in [3.8, 4) is 5.75 Å². The second kappa shape index (κ2) is 3.27. The van der Waals surface area contributed by atoms with Gasteiger partial charge in [0, 0.05) is 18.0 Å². The Morgan fingerprint density at radius 3 is 2.82 bits per heavy atom. The number of aryl methyl sites for hydroxylation is 1. The molecule has 4 heteroatoms. The van der Waals surface area contributed by atoms with Gasteiger partial charge in [0.05, 0.1) is 0 Å². The lowest BCUT2D eigenvalue weighted by atomic mass is 10.4. The van der Waals surface area contributed by atoms with Crippen LogP contribution in [0.1, 0.15) is 5.69 Å². The maximum Gasteiger partial charge on any atom is 0.387 e. The molecule has 0 radical (unpaired) electrons. The third-order valence-electron chi connectivity index (χ3n) is 1.09. The Bertz CT molecular complexity index is 240. The van der Waals surface area contributed by atoms with Crippen LogP contribution in [0.5, 0.6) is 5.75 Å². The van der Waals surface area contributed by atoms with Gasteiger partial charge in [0.15, 0.2) is 0 Å². The van der Waals surface area contributed by atoms with Crippen LogP contribution in [0.25, 0.3) is 0 Å². The van der Waals surface area contributed by atoms with Gasteiger partial charge in [0.2, 0.25) is 0 Å². The van der Waals surface area contributed by atoms with Crippen LogP contribution in [0.3, 0.4) is 0 Å². The first-order chi connectivity index (χ1) is 5.18. The van der Waals surface area contributed by atoms with Gasteiger partial charge in [-0.25, -0.2) is 0 Å². The molecule has 0 atom stereocenters. The molecule has 0 amide bonds. The molecule has 1 rings (SSSR count). The highest BCUT2D eigenvalue weighted by Gasteiger charge is 2.02. The quantitative estimate of drug-likeness (QED) is 0.658. The van der Waals surface area contributed by atoms with E-state index in [0.29, 0.717) is 5.69 Å². The van der Waals surface area contributed by atoms with Crippen LogP contribution >= 0.6 is 0 Å². The van der Waals surface area contributed by atoms with Gasteiger partial charge in [-0.05, 0) is 13.0 Å². The summed E-state index contributed by atoms with van der Waals surface area (Å²) in [7, 11) is 0. The van der Waals surface area contributed by atoms with Gasteiger partial charge >= 0.3 is 6.61 Å². The summed E-state index contributed by atoms with van der Waals surface area (Å²) in [6, 6.07) is 2.84. The second-order valence-corrected chi connectivity index (χ2v) is 2.01. The summed E-state index contributed by atoms with van der Waals surface area (Å²) in [4.78, 5) is 3.82. The molecule has 11 heavy (non-hydrogen) atoms. The molecule has 0 saturated carbocycles. The van der Waals surface area contributed by atoms with E-state index in [0.717, 1.165) is 0 Å². The Balaban J connectivity index is 2.71. The van der Waals surface area contributed by atoms with Crippen molar-refractivity contribution in [2.24, 2.45) is 0 Å². The van der Waals surface area contributed by atoms with Gasteiger partial charge < -0.3 is 4.74 Å². The van der Waals surface area contributed by atoms with Gasteiger partial charge in [0.25, 0.3) is 0 Å². The second-order valence-electron chi connectivity index (χ2n) is 2.01. The number of nitrogens with zero attached hydrogens (tertiary/aromatic N) is 1. The standard InChI is InChI=1S/C7H7F2NO/c1-5-4-6(2-3-10-5)11-7(8)9/h2-4,7H,1H3. The molecule has 2 nitrogen and oxygen atoms in total. The summed E-state index contributed by atoms with van der Waals surface area (Å²) >= 11 is 0. The summed E-state index contributed by atoms with van der Waals surface area (Å²) in [6.07, 6.45) is 1.42. The van der Waals surface area contributed by atoms with Crippen molar-refractivity contribution >= 4 is 0 Å². The van der Waals surface area contributed by atoms with E-state index in [1.54, 1.807) is 6.92 Å². The molecule has 0 saturated heterocycles. The van der Waals surface area contributed by atoms with Gasteiger partial charge in [-0.15, -0.1) is 0 Å². The normalized spacial score (nSPS) is 10.2. The first-order valence-electron chi connectivity index (χ1n) is 3.06. The predicted octanol–water partition coefficient (Wildman–Crippen LogP) is 1.99. The first kappa shape index (κ1) is 7.91. The Morgan fingerprint density at radius 1 is 1.55 bits per heavy atom. The van der Waals surface area contributed by atoms with Gasteiger partial charge in [-0.3, -0.25) is 4.98 Å². The Morgan fingerprint density at radius 2 is 2.27 bits per heavy atom. The molecule has 0 aliphatic carbocycles. The van der Waals surface area contributed by atoms with Crippen molar-refractivity contribution in [2.45, 2.75) is 13.5 Å². The highest BCUT2D eigenvalue weighted by molar-refractivity contribution is 5.21. The van der Waals surface area contributed by atoms with Crippen molar-refractivity contribution < 1.29 is 13.5 Å². The number of hydrogen-bond donors (Lipinski definition) is 0. The van der Waals surface area contributed by atoms with Crippen molar-refractivity contribution in [1.29, 1.82) is 0 Å². The molecule has 0 aliphatic rings. The SMILES string of the molecule is Cc1cc(OC(F)F)ccn1. The first-order valence-corrected chi connectivity index (χ1v) is 3.06. The molecule has 0 fully saturated rings. The van der Waals surface area contributed by atoms with Crippen LogP contribution in [0.15, 0.2) is 18.3 Å². The minimum absolute atomic E-state index is 0.146. The van der Waals surface area contributed by atoms with Crippen LogP contribution in [-0.2, 0) is 0 Å². The monoisotopic (exact) mass is 159 g/mol. The number of pyridine rings is 1. The summed E-state index contributed by atoms with van der Waals surface area (Å²) in [5.41, 5.74) is 0.656. The lowest BCUT2D eigenvalue weighted by Crippen LogP contribution is -2.01. The molecule has 1 heterocycles. The third kappa shape index (κ3) is 2.49. The highest BCUT2D eigenvalue weighted by Crippen LogP contribution is 2.12. The molecule has 0 N–H and O–H groups in total. The average molecular weight is 159 g/mol. The maximum absolute atomic E-state index is 11.6. The molecule has 0 aromatic carbocycles. The smallest absolute Gasteiger partial charge is 0.387 e. The zero-order valence-electron chi connectivity index (χ0n) is 5.92. The number of aromatic nitrogens is 1. The number of rotatable bonds is 2. The van der Waals surface area contributed by atoms with E-state index >= 15 is 0 Å². The van der Waals surface area contributed by atoms with Crippen molar-refractivity contribution in [3.63, 3.8) is 0 Å². The third-order valence-corrected chi connectivity index (χ3v) is 1.09. The molecular formula is C7H7F2NO. The number of ether oxygens (including phenoxy) is 1. The van der Waals surface area contributed by atoms with Crippen LogP contribution in [0.2, 0.25) is 0 Å². The minimum Gasteiger partial charge on any atom is -0.435 e. The molecule has 0 bridgehead atoms. The molecule has 0 aliphatic heterocycles. The van der Waals surface area contributed by atoms with Gasteiger partial charge in [0.1, 0.15) is 5.75 Å². The fraction of sp³-hybridized carbons (Fsp3) is 0.286. The zero-order valence-corrected chi connectivity index (χ0v) is 5.92. The fourth-order valence-corrected chi connectivity index (χ4v) is 0.696. The topological polar surface area (TPSA) is 22.1 Å². The maximum atomic E-state index is 11.6. The number of alkyl halides is 2. The molecule has 0 spiro atoms. The Kier molecular flexibility index (Phi) is 2.36. The van der Waals surface area contributed by atoms with E-state index < -0.39 is 6.61 Å². The largest absolute Gasteiger partial charge is 0.435 e. The average Bonchev–Trinajstić information content (AvgIpc) is 1.85. The molecule has 1 aromatic rings. The van der Waals surface area contributed by atoms with Crippen molar-refractivity contribution in [2.75, 3.05) is 0 Å². The zero-order chi connectivity index (χ0) is 8.27. The summed E-state index contributed by atoms with van der Waals surface area (Å²) in [5, 5.41) is 0. The Labute approximate surface area is 62.8 Å². The van der Waals surface area contributed by atoms with Crippen LogP contribution in [-0.4, -0.2) is 11.6 Å². The lowest BCUT2D eigenvalue weighted by Gasteiger charge is -2.03. The van der Waals surface area contributed by atoms with E-state index in [1.165, 1.54) is 18.3 Å². The van der Waals surface area contributed by atoms with Crippen LogP contribution in [0.4, 0.5) is 8.78 Å². The van der Waals surface area contributed by atoms with E-state index in [4.69, 9.17) is 0 Å². The summed E-state index contributed by atoms with van der Waals surface area (Å²) < 4.78 is 27.3. The summed E-state index contributed by atoms with van der Waals surface area (Å²) in [5.74, 6) is 0.146. The van der Waals surface area contributed by atoms with Gasteiger partial charge in [-0.2, -0.15) is 8.78 Å². The minimum atomic E-state index is -2.77. The van der Waals surface area contributed by atoms with E-state index in [9.17, 15) is 8.78 Å². The van der Waals surface area contributed by atoms with Crippen LogP contribution < -0.4 is 4.74 Å². The molecule has 0 unspecified atom stereocenters. The molecule has 60 valence electrons. The number of hydrogen-bond acceptors (Lipinski definition) is 2. The summed E-state index contributed by atoms with van der Waals surface area (Å²) in [6.45, 7) is -1.06. The van der Waals surface area contributed by atoms with E-state index in [1.807, 2.05) is 0 Å². The fourth-order valence-electron chi connectivity index (χ4n) is 0.696. The lowest BCUT2D eigenvalue weighted by molar-refractivity contribution is -0.0499. The van der Waals surface area contributed by atoms with Crippen molar-refractivity contribution in [3.05, 3.63) is 24.0 Å². The Hall–Kier alpha value is -1.19. The predicted molar refractivity (Wildman–Crippen MR) is 35.6 cm³/mol. The van der Waals surface area contributed by atoms with Crippen LogP contribution in [0, 0.1) is 6.92 Å². The van der Waals surface area contributed by atoms with E-state index in [2.05, 4.69) is 9.72 Å². The molecular weight excluding hydrogens is 152 g/mol. The number of halogens is 2. The molecule has 1 aromatic heterocycles. The highest BCUT2D eigenvalue weighted by atomic mass is 19.3. The van der Waals surface area contributed by atoms with E-state index in [-0.39, 0.29) is 5.75 Å².